The summed E-state index contributed by atoms with van der Waals surface area (Å²) in [5.41, 5.74) is -0.611. The molecule has 0 aliphatic heterocycles. The first kappa shape index (κ1) is 12.6. The first-order valence-corrected chi connectivity index (χ1v) is 5.26. The summed E-state index contributed by atoms with van der Waals surface area (Å²) in [6, 6.07) is 7.07. The summed E-state index contributed by atoms with van der Waals surface area (Å²) in [7, 11) is 0. The zero-order valence-electron chi connectivity index (χ0n) is 9.61. The first-order valence-electron chi connectivity index (χ1n) is 5.26. The fourth-order valence-corrected chi connectivity index (χ4v) is 1.49. The highest BCUT2D eigenvalue weighted by atomic mass is 16.5. The molecule has 1 heterocycles. The minimum atomic E-state index is -1.32. The topological polar surface area (TPSA) is 96.7 Å². The molecule has 0 radical (unpaired) electrons. The molecule has 0 saturated carbocycles. The first-order chi connectivity index (χ1) is 9.08. The molecular weight excluding hydrogens is 250 g/mol. The number of nitrogens with zero attached hydrogens (tertiary/aromatic N) is 1. The largest absolute Gasteiger partial charge is 0.478 e. The molecule has 0 unspecified atom stereocenters. The van der Waals surface area contributed by atoms with Crippen molar-refractivity contribution in [2.45, 2.75) is 0 Å². The number of carbonyl (C=O) groups is 2. The molecule has 19 heavy (non-hydrogen) atoms. The Morgan fingerprint density at radius 3 is 2.32 bits per heavy atom. The second-order valence-corrected chi connectivity index (χ2v) is 3.61. The molecule has 0 atom stereocenters. The number of aromatic carboxylic acids is 2. The normalized spacial score (nSPS) is 9.89. The third-order valence-corrected chi connectivity index (χ3v) is 2.32. The van der Waals surface area contributed by atoms with Gasteiger partial charge in [0, 0.05) is 6.20 Å². The maximum Gasteiger partial charge on any atom is 0.336 e. The van der Waals surface area contributed by atoms with Crippen molar-refractivity contribution in [3.63, 3.8) is 0 Å². The monoisotopic (exact) mass is 259 g/mol. The molecule has 6 nitrogen and oxygen atoms in total. The maximum atomic E-state index is 11.0. The molecule has 1 aromatic carbocycles. The number of ether oxygens (including phenoxy) is 1. The average Bonchev–Trinajstić information content (AvgIpc) is 2.39. The van der Waals surface area contributed by atoms with Crippen LogP contribution in [0.15, 0.2) is 42.7 Å². The van der Waals surface area contributed by atoms with Gasteiger partial charge in [0.1, 0.15) is 11.5 Å². The molecule has 0 saturated heterocycles. The van der Waals surface area contributed by atoms with Gasteiger partial charge < -0.3 is 14.9 Å². The van der Waals surface area contributed by atoms with Crippen molar-refractivity contribution in [1.29, 1.82) is 0 Å². The molecule has 2 rings (SSSR count). The van der Waals surface area contributed by atoms with Crippen LogP contribution in [0.4, 0.5) is 0 Å². The number of hydrogen-bond acceptors (Lipinski definition) is 4. The summed E-state index contributed by atoms with van der Waals surface area (Å²) in [5.74, 6) is -1.96. The van der Waals surface area contributed by atoms with Gasteiger partial charge in [0.2, 0.25) is 0 Å². The zero-order chi connectivity index (χ0) is 13.8. The van der Waals surface area contributed by atoms with E-state index >= 15 is 0 Å². The van der Waals surface area contributed by atoms with Crippen LogP contribution < -0.4 is 4.74 Å². The maximum absolute atomic E-state index is 11.0. The Balaban J connectivity index is 2.36. The molecule has 0 fully saturated rings. The van der Waals surface area contributed by atoms with Crippen molar-refractivity contribution in [3.8, 4) is 11.5 Å². The van der Waals surface area contributed by atoms with Crippen LogP contribution in [0.3, 0.4) is 0 Å². The molecule has 2 N–H and O–H groups in total. The van der Waals surface area contributed by atoms with E-state index in [1.165, 1.54) is 24.4 Å². The summed E-state index contributed by atoms with van der Waals surface area (Å²) in [6.07, 6.45) is 3.04. The van der Waals surface area contributed by atoms with Gasteiger partial charge in [-0.2, -0.15) is 0 Å². The van der Waals surface area contributed by atoms with E-state index in [4.69, 9.17) is 14.9 Å². The van der Waals surface area contributed by atoms with Gasteiger partial charge >= 0.3 is 11.9 Å². The fourth-order valence-electron chi connectivity index (χ4n) is 1.49. The molecule has 0 spiro atoms. The molecule has 2 aromatic rings. The minimum Gasteiger partial charge on any atom is -0.478 e. The van der Waals surface area contributed by atoms with Crippen LogP contribution in [0.5, 0.6) is 11.5 Å². The Kier molecular flexibility index (Phi) is 3.42. The van der Waals surface area contributed by atoms with Crippen LogP contribution in [0.1, 0.15) is 20.7 Å². The highest BCUT2D eigenvalue weighted by molar-refractivity contribution is 6.02. The van der Waals surface area contributed by atoms with Crippen LogP contribution >= 0.6 is 0 Å². The Hall–Kier alpha value is -2.89. The zero-order valence-corrected chi connectivity index (χ0v) is 9.61. The smallest absolute Gasteiger partial charge is 0.336 e. The van der Waals surface area contributed by atoms with Gasteiger partial charge in [-0.3, -0.25) is 4.98 Å². The van der Waals surface area contributed by atoms with E-state index in [1.54, 1.807) is 18.3 Å². The number of benzene rings is 1. The molecule has 1 aromatic heterocycles. The number of carboxylic acids is 2. The van der Waals surface area contributed by atoms with Crippen molar-refractivity contribution in [2.75, 3.05) is 0 Å². The van der Waals surface area contributed by atoms with Gasteiger partial charge in [0.25, 0.3) is 0 Å². The van der Waals surface area contributed by atoms with E-state index in [0.717, 1.165) is 0 Å². The van der Waals surface area contributed by atoms with Crippen LogP contribution in [-0.4, -0.2) is 27.1 Å². The summed E-state index contributed by atoms with van der Waals surface area (Å²) < 4.78 is 5.39. The van der Waals surface area contributed by atoms with Gasteiger partial charge in [-0.25, -0.2) is 9.59 Å². The predicted octanol–water partition coefficient (Wildman–Crippen LogP) is 2.27. The number of hydrogen-bond donors (Lipinski definition) is 2. The van der Waals surface area contributed by atoms with E-state index in [-0.39, 0.29) is 16.9 Å². The highest BCUT2D eigenvalue weighted by Crippen LogP contribution is 2.23. The van der Waals surface area contributed by atoms with Gasteiger partial charge in [0.05, 0.1) is 17.3 Å². The number of aromatic nitrogens is 1. The Morgan fingerprint density at radius 1 is 1.00 bits per heavy atom. The van der Waals surface area contributed by atoms with Gasteiger partial charge in [-0.05, 0) is 30.3 Å². The molecule has 96 valence electrons. The molecule has 0 aliphatic rings. The van der Waals surface area contributed by atoms with E-state index in [2.05, 4.69) is 4.98 Å². The molecule has 0 aliphatic carbocycles. The van der Waals surface area contributed by atoms with Crippen LogP contribution in [0, 0.1) is 0 Å². The molecule has 0 bridgehead atoms. The number of rotatable bonds is 4. The van der Waals surface area contributed by atoms with E-state index in [1.807, 2.05) is 0 Å². The van der Waals surface area contributed by atoms with Crippen LogP contribution in [0.25, 0.3) is 0 Å². The molecular formula is C13H9NO5. The second kappa shape index (κ2) is 5.18. The molecule has 6 heteroatoms. The Bertz CT molecular complexity index is 624. The van der Waals surface area contributed by atoms with Crippen LogP contribution in [0.2, 0.25) is 0 Å². The van der Waals surface area contributed by atoms with Crippen molar-refractivity contribution < 1.29 is 24.5 Å². The molecule has 0 amide bonds. The lowest BCUT2D eigenvalue weighted by atomic mass is 10.1. The predicted molar refractivity (Wildman–Crippen MR) is 64.7 cm³/mol. The third-order valence-electron chi connectivity index (χ3n) is 2.32. The van der Waals surface area contributed by atoms with Crippen molar-refractivity contribution in [2.24, 2.45) is 0 Å². The van der Waals surface area contributed by atoms with E-state index in [0.29, 0.717) is 5.75 Å². The summed E-state index contributed by atoms with van der Waals surface area (Å²) in [4.78, 5) is 25.7. The van der Waals surface area contributed by atoms with E-state index in [9.17, 15) is 9.59 Å². The van der Waals surface area contributed by atoms with Crippen molar-refractivity contribution in [3.05, 3.63) is 53.9 Å². The Labute approximate surface area is 107 Å². The summed E-state index contributed by atoms with van der Waals surface area (Å²) >= 11 is 0. The lowest BCUT2D eigenvalue weighted by Gasteiger charge is -2.07. The van der Waals surface area contributed by atoms with Gasteiger partial charge in [-0.1, -0.05) is 0 Å². The SMILES string of the molecule is O=C(O)c1ccc(Oc2cccnc2)cc1C(=O)O. The lowest BCUT2D eigenvalue weighted by Crippen LogP contribution is -2.07. The van der Waals surface area contributed by atoms with Crippen molar-refractivity contribution >= 4 is 11.9 Å². The minimum absolute atomic E-state index is 0.232. The van der Waals surface area contributed by atoms with Gasteiger partial charge in [0.15, 0.2) is 0 Å². The standard InChI is InChI=1S/C13H9NO5/c15-12(16)10-4-3-8(6-11(10)13(17)18)19-9-2-1-5-14-7-9/h1-7H,(H,15,16)(H,17,18). The summed E-state index contributed by atoms with van der Waals surface area (Å²) in [6.45, 7) is 0. The number of pyridine rings is 1. The van der Waals surface area contributed by atoms with Crippen LogP contribution in [-0.2, 0) is 0 Å². The summed E-state index contributed by atoms with van der Waals surface area (Å²) in [5, 5.41) is 17.9. The lowest BCUT2D eigenvalue weighted by molar-refractivity contribution is 0.0651. The Morgan fingerprint density at radius 2 is 1.74 bits per heavy atom. The highest BCUT2D eigenvalue weighted by Gasteiger charge is 2.16. The quantitative estimate of drug-likeness (QED) is 0.874. The third kappa shape index (κ3) is 2.86. The average molecular weight is 259 g/mol. The number of carboxylic acid groups (broad SMARTS) is 2. The van der Waals surface area contributed by atoms with Crippen molar-refractivity contribution in [1.82, 2.24) is 4.98 Å². The fraction of sp³-hybridized carbons (Fsp3) is 0. The van der Waals surface area contributed by atoms with E-state index < -0.39 is 11.9 Å². The second-order valence-electron chi connectivity index (χ2n) is 3.61. The van der Waals surface area contributed by atoms with Gasteiger partial charge in [-0.15, -0.1) is 0 Å².